The standard InChI is InChI=1S/C22H30NO3/c1-8-26-21(24)19-12-17(13-23(25)22(5,6)7)18-11-16(14(2)3)10-9-15(4)20(18)19/h9-14,25H,8H2,1-7H3/q+1/b23-13-. The van der Waals surface area contributed by atoms with Gasteiger partial charge >= 0.3 is 5.97 Å². The lowest BCUT2D eigenvalue weighted by Crippen LogP contribution is -2.31. The van der Waals surface area contributed by atoms with Crippen LogP contribution in [0.1, 0.15) is 74.5 Å². The summed E-state index contributed by atoms with van der Waals surface area (Å²) in [4.78, 5) is 12.5. The van der Waals surface area contributed by atoms with E-state index < -0.39 is 5.54 Å². The first kappa shape index (κ1) is 20.0. The molecule has 0 atom stereocenters. The van der Waals surface area contributed by atoms with E-state index in [1.54, 1.807) is 13.1 Å². The predicted octanol–water partition coefficient (Wildman–Crippen LogP) is 5.02. The first-order chi connectivity index (χ1) is 12.1. The number of hydroxylamine groups is 1. The summed E-state index contributed by atoms with van der Waals surface area (Å²) in [5.41, 5.74) is 4.92. The highest BCUT2D eigenvalue weighted by Crippen LogP contribution is 2.36. The van der Waals surface area contributed by atoms with Crippen molar-refractivity contribution in [2.75, 3.05) is 6.61 Å². The molecule has 0 amide bonds. The SMILES string of the molecule is CCOC(=O)c1cc(/C=[N+](\O)C(C)(C)C)c2cc(C(C)C)ccc(C)c1-2. The molecule has 0 saturated heterocycles. The Morgan fingerprint density at radius 1 is 1.27 bits per heavy atom. The Hall–Kier alpha value is -2.36. The largest absolute Gasteiger partial charge is 0.462 e. The molecule has 1 N–H and O–H groups in total. The van der Waals surface area contributed by atoms with Crippen molar-refractivity contribution in [3.05, 3.63) is 46.5 Å². The van der Waals surface area contributed by atoms with Crippen LogP contribution in [0.2, 0.25) is 0 Å². The molecule has 0 aromatic heterocycles. The van der Waals surface area contributed by atoms with E-state index in [1.165, 1.54) is 10.3 Å². The van der Waals surface area contributed by atoms with Crippen LogP contribution in [0.3, 0.4) is 0 Å². The second-order valence-corrected chi connectivity index (χ2v) is 7.98. The highest BCUT2D eigenvalue weighted by atomic mass is 16.5. The maximum atomic E-state index is 12.5. The zero-order chi connectivity index (χ0) is 19.6. The molecule has 4 heteroatoms. The van der Waals surface area contributed by atoms with Gasteiger partial charge in [0.2, 0.25) is 11.8 Å². The van der Waals surface area contributed by atoms with Gasteiger partial charge in [0.15, 0.2) is 0 Å². The maximum Gasteiger partial charge on any atom is 0.338 e. The number of esters is 1. The third kappa shape index (κ3) is 4.06. The van der Waals surface area contributed by atoms with Crippen LogP contribution in [0, 0.1) is 6.92 Å². The molecular weight excluding hydrogens is 326 g/mol. The lowest BCUT2D eigenvalue weighted by Gasteiger charge is -2.09. The van der Waals surface area contributed by atoms with Crippen molar-refractivity contribution in [2.45, 2.75) is 59.9 Å². The van der Waals surface area contributed by atoms with E-state index in [9.17, 15) is 10.0 Å². The summed E-state index contributed by atoms with van der Waals surface area (Å²) < 4.78 is 6.44. The van der Waals surface area contributed by atoms with Crippen LogP contribution in [0.5, 0.6) is 0 Å². The maximum absolute atomic E-state index is 12.5. The van der Waals surface area contributed by atoms with Gasteiger partial charge < -0.3 is 4.74 Å². The number of hydrogen-bond acceptors (Lipinski definition) is 3. The van der Waals surface area contributed by atoms with Crippen LogP contribution in [0.4, 0.5) is 0 Å². The lowest BCUT2D eigenvalue weighted by molar-refractivity contribution is -0.816. The van der Waals surface area contributed by atoms with E-state index in [4.69, 9.17) is 4.74 Å². The van der Waals surface area contributed by atoms with Crippen molar-refractivity contribution in [1.29, 1.82) is 0 Å². The minimum Gasteiger partial charge on any atom is -0.462 e. The summed E-state index contributed by atoms with van der Waals surface area (Å²) in [5, 5.41) is 10.4. The Labute approximate surface area is 156 Å². The molecule has 0 aromatic rings. The van der Waals surface area contributed by atoms with Crippen molar-refractivity contribution in [1.82, 2.24) is 0 Å². The van der Waals surface area contributed by atoms with Crippen LogP contribution in [0.15, 0.2) is 24.3 Å². The first-order valence-corrected chi connectivity index (χ1v) is 9.13. The molecular formula is C22H30NO3+. The quantitative estimate of drug-likeness (QED) is 0.275. The van der Waals surface area contributed by atoms with E-state index in [2.05, 4.69) is 26.0 Å². The number of ether oxygens (including phenoxy) is 1. The molecule has 0 aromatic carbocycles. The van der Waals surface area contributed by atoms with Crippen LogP contribution in [-0.4, -0.2) is 34.3 Å². The first-order valence-electron chi connectivity index (χ1n) is 9.13. The normalized spacial score (nSPS) is 12.7. The summed E-state index contributed by atoms with van der Waals surface area (Å²) in [6.07, 6.45) is 1.69. The summed E-state index contributed by atoms with van der Waals surface area (Å²) in [6.45, 7) is 14.2. The summed E-state index contributed by atoms with van der Waals surface area (Å²) in [6, 6.07) is 8.07. The van der Waals surface area contributed by atoms with Gasteiger partial charge in [-0.25, -0.2) is 4.79 Å². The number of carbonyl (C=O) groups is 1. The fourth-order valence-electron chi connectivity index (χ4n) is 2.86. The van der Waals surface area contributed by atoms with E-state index in [0.717, 1.165) is 22.3 Å². The molecule has 0 aliphatic heterocycles. The van der Waals surface area contributed by atoms with Crippen molar-refractivity contribution >= 4 is 12.2 Å². The third-order valence-corrected chi connectivity index (χ3v) is 4.49. The molecule has 0 spiro atoms. The zero-order valence-electron chi connectivity index (χ0n) is 16.9. The Morgan fingerprint density at radius 3 is 2.46 bits per heavy atom. The van der Waals surface area contributed by atoms with E-state index in [-0.39, 0.29) is 5.97 Å². The van der Waals surface area contributed by atoms with Gasteiger partial charge in [-0.15, -0.1) is 0 Å². The van der Waals surface area contributed by atoms with Crippen LogP contribution in [0.25, 0.3) is 11.1 Å². The van der Waals surface area contributed by atoms with Gasteiger partial charge in [0.05, 0.1) is 17.7 Å². The highest BCUT2D eigenvalue weighted by molar-refractivity contribution is 6.05. The molecule has 2 rings (SSSR count). The number of aryl methyl sites for hydroxylation is 1. The lowest BCUT2D eigenvalue weighted by atomic mass is 10.0. The van der Waals surface area contributed by atoms with Gasteiger partial charge in [0.1, 0.15) is 0 Å². The molecule has 0 unspecified atom stereocenters. The third-order valence-electron chi connectivity index (χ3n) is 4.49. The second kappa shape index (κ2) is 7.48. The Balaban J connectivity index is 2.79. The van der Waals surface area contributed by atoms with E-state index in [0.29, 0.717) is 18.1 Å². The Kier molecular flexibility index (Phi) is 5.74. The number of nitrogens with zero attached hydrogens (tertiary/aromatic N) is 1. The molecule has 4 nitrogen and oxygen atoms in total. The topological polar surface area (TPSA) is 49.5 Å². The van der Waals surface area contributed by atoms with Crippen molar-refractivity contribution < 1.29 is 19.5 Å². The minimum absolute atomic E-state index is 0.327. The number of carbonyl (C=O) groups excluding carboxylic acids is 1. The molecule has 140 valence electrons. The summed E-state index contributed by atoms with van der Waals surface area (Å²) in [7, 11) is 0. The number of rotatable bonds is 4. The van der Waals surface area contributed by atoms with E-state index >= 15 is 0 Å². The van der Waals surface area contributed by atoms with Crippen LogP contribution in [-0.2, 0) is 4.74 Å². The minimum atomic E-state index is -0.444. The molecule has 0 fully saturated rings. The van der Waals surface area contributed by atoms with Gasteiger partial charge in [-0.2, -0.15) is 0 Å². The highest BCUT2D eigenvalue weighted by Gasteiger charge is 2.28. The predicted molar refractivity (Wildman–Crippen MR) is 105 cm³/mol. The molecule has 2 aliphatic rings. The van der Waals surface area contributed by atoms with Gasteiger partial charge in [-0.3, -0.25) is 5.21 Å². The van der Waals surface area contributed by atoms with Gasteiger partial charge in [-0.05, 0) is 52.8 Å². The smallest absolute Gasteiger partial charge is 0.338 e. The molecule has 2 aliphatic carbocycles. The second-order valence-electron chi connectivity index (χ2n) is 7.98. The summed E-state index contributed by atoms with van der Waals surface area (Å²) >= 11 is 0. The van der Waals surface area contributed by atoms with Gasteiger partial charge in [0, 0.05) is 20.8 Å². The Bertz CT molecular complexity index is 813. The molecule has 0 saturated carbocycles. The van der Waals surface area contributed by atoms with Crippen LogP contribution >= 0.6 is 0 Å². The average molecular weight is 356 g/mol. The van der Waals surface area contributed by atoms with Crippen molar-refractivity contribution in [2.24, 2.45) is 0 Å². The van der Waals surface area contributed by atoms with E-state index in [1.807, 2.05) is 39.8 Å². The molecule has 26 heavy (non-hydrogen) atoms. The fraction of sp³-hybridized carbons (Fsp3) is 0.455. The molecule has 0 bridgehead atoms. The Morgan fingerprint density at radius 2 is 1.92 bits per heavy atom. The van der Waals surface area contributed by atoms with Crippen molar-refractivity contribution in [3.63, 3.8) is 0 Å². The monoisotopic (exact) mass is 356 g/mol. The number of fused-ring (bicyclic) bond motifs is 1. The average Bonchev–Trinajstić information content (AvgIpc) is 2.78. The molecule has 0 heterocycles. The number of hydrogen-bond donors (Lipinski definition) is 1. The van der Waals surface area contributed by atoms with Crippen LogP contribution < -0.4 is 0 Å². The fourth-order valence-corrected chi connectivity index (χ4v) is 2.86. The van der Waals surface area contributed by atoms with Crippen molar-refractivity contribution in [3.8, 4) is 11.1 Å². The van der Waals surface area contributed by atoms with Gasteiger partial charge in [0.25, 0.3) is 0 Å². The zero-order valence-corrected chi connectivity index (χ0v) is 16.9. The summed E-state index contributed by atoms with van der Waals surface area (Å²) in [5.74, 6) is 0.0180. The van der Waals surface area contributed by atoms with Gasteiger partial charge in [-0.1, -0.05) is 32.0 Å². The molecule has 0 radical (unpaired) electrons.